The van der Waals surface area contributed by atoms with Gasteiger partial charge in [-0.2, -0.15) is 5.26 Å². The average molecular weight is 362 g/mol. The molecule has 27 heavy (non-hydrogen) atoms. The number of H-pyrrole nitrogens is 1. The molecule has 0 spiro atoms. The molecule has 0 fully saturated rings. The Hall–Kier alpha value is -3.39. The fraction of sp³-hybridized carbons (Fsp3) is 0.182. The molecule has 1 heterocycles. The molecule has 0 radical (unpaired) electrons. The van der Waals surface area contributed by atoms with Crippen molar-refractivity contribution < 1.29 is 13.9 Å². The van der Waals surface area contributed by atoms with Gasteiger partial charge in [0.2, 0.25) is 0 Å². The van der Waals surface area contributed by atoms with E-state index in [2.05, 4.69) is 11.1 Å². The monoisotopic (exact) mass is 362 g/mol. The Kier molecular flexibility index (Phi) is 5.37. The summed E-state index contributed by atoms with van der Waals surface area (Å²) < 4.78 is 18.5. The molecule has 1 aromatic heterocycles. The number of carbonyl (C=O) groups excluding carboxylic acids is 1. The minimum atomic E-state index is -0.404. The van der Waals surface area contributed by atoms with Gasteiger partial charge in [-0.1, -0.05) is 24.3 Å². The summed E-state index contributed by atoms with van der Waals surface area (Å²) >= 11 is 0. The van der Waals surface area contributed by atoms with Gasteiger partial charge in [0, 0.05) is 23.4 Å². The van der Waals surface area contributed by atoms with Gasteiger partial charge in [0.1, 0.15) is 5.82 Å². The van der Waals surface area contributed by atoms with Crippen LogP contribution in [0.1, 0.15) is 39.8 Å². The predicted molar refractivity (Wildman–Crippen MR) is 101 cm³/mol. The Morgan fingerprint density at radius 1 is 1.15 bits per heavy atom. The van der Waals surface area contributed by atoms with Crippen LogP contribution in [-0.2, 0) is 11.2 Å². The molecule has 0 bridgehead atoms. The number of aromatic nitrogens is 1. The summed E-state index contributed by atoms with van der Waals surface area (Å²) in [5, 5.41) is 9.00. The van der Waals surface area contributed by atoms with Crippen molar-refractivity contribution in [2.45, 2.75) is 20.3 Å². The van der Waals surface area contributed by atoms with E-state index in [0.29, 0.717) is 17.5 Å². The summed E-state index contributed by atoms with van der Waals surface area (Å²) in [6.45, 7) is 3.93. The van der Waals surface area contributed by atoms with Gasteiger partial charge in [-0.3, -0.25) is 0 Å². The first-order valence-electron chi connectivity index (χ1n) is 8.67. The maximum atomic E-state index is 13.2. The Morgan fingerprint density at radius 2 is 1.81 bits per heavy atom. The molecular formula is C22H19FN2O2. The van der Waals surface area contributed by atoms with E-state index in [1.54, 1.807) is 31.2 Å². The topological polar surface area (TPSA) is 65.9 Å². The van der Waals surface area contributed by atoms with Crippen LogP contribution in [0, 0.1) is 24.1 Å². The number of rotatable bonds is 5. The first-order valence-corrected chi connectivity index (χ1v) is 8.67. The number of nitrogens with one attached hydrogen (secondary N) is 1. The van der Waals surface area contributed by atoms with Crippen LogP contribution in [0.15, 0.2) is 48.5 Å². The number of nitrogens with zero attached hydrogens (tertiary/aromatic N) is 1. The average Bonchev–Trinajstić information content (AvgIpc) is 2.99. The van der Waals surface area contributed by atoms with Crippen LogP contribution in [0.5, 0.6) is 0 Å². The number of esters is 1. The maximum Gasteiger partial charge on any atom is 0.340 e. The van der Waals surface area contributed by atoms with Crippen molar-refractivity contribution in [2.24, 2.45) is 0 Å². The largest absolute Gasteiger partial charge is 0.462 e. The molecule has 4 nitrogen and oxygen atoms in total. The molecular weight excluding hydrogens is 343 g/mol. The predicted octanol–water partition coefficient (Wildman–Crippen LogP) is 4.77. The molecule has 3 aromatic rings. The molecule has 0 aliphatic carbocycles. The van der Waals surface area contributed by atoms with Crippen molar-refractivity contribution in [2.75, 3.05) is 6.61 Å². The first-order chi connectivity index (χ1) is 13.0. The van der Waals surface area contributed by atoms with Crippen LogP contribution in [0.2, 0.25) is 0 Å². The van der Waals surface area contributed by atoms with Crippen molar-refractivity contribution in [3.05, 3.63) is 82.4 Å². The number of nitriles is 1. The highest BCUT2D eigenvalue weighted by Crippen LogP contribution is 2.32. The van der Waals surface area contributed by atoms with Gasteiger partial charge < -0.3 is 9.72 Å². The molecule has 0 aliphatic heterocycles. The zero-order valence-corrected chi connectivity index (χ0v) is 15.2. The highest BCUT2D eigenvalue weighted by molar-refractivity contribution is 5.99. The molecule has 0 amide bonds. The summed E-state index contributed by atoms with van der Waals surface area (Å²) in [6.07, 6.45) is 0.450. The highest BCUT2D eigenvalue weighted by atomic mass is 19.1. The van der Waals surface area contributed by atoms with Crippen molar-refractivity contribution in [1.82, 2.24) is 4.98 Å². The van der Waals surface area contributed by atoms with Crippen molar-refractivity contribution in [3.8, 4) is 17.2 Å². The van der Waals surface area contributed by atoms with E-state index in [1.807, 2.05) is 19.1 Å². The molecule has 136 valence electrons. The van der Waals surface area contributed by atoms with Crippen LogP contribution in [-0.4, -0.2) is 17.6 Å². The molecule has 0 aliphatic rings. The van der Waals surface area contributed by atoms with Gasteiger partial charge in [-0.25, -0.2) is 9.18 Å². The fourth-order valence-electron chi connectivity index (χ4n) is 3.13. The van der Waals surface area contributed by atoms with E-state index in [-0.39, 0.29) is 12.4 Å². The standard InChI is InChI=1S/C22H19FN2O2/c1-3-27-22(26)21-19(12-15-6-10-18(23)11-7-15)25-14(2)20(21)17-8-4-16(13-24)5-9-17/h4-11,25H,3,12H2,1-2H3. The number of hydrogen-bond donors (Lipinski definition) is 1. The summed E-state index contributed by atoms with van der Waals surface area (Å²) in [5.41, 5.74) is 5.05. The Bertz CT molecular complexity index is 997. The molecule has 1 N–H and O–H groups in total. The van der Waals surface area contributed by atoms with E-state index in [4.69, 9.17) is 10.00 Å². The van der Waals surface area contributed by atoms with E-state index < -0.39 is 5.97 Å². The molecule has 3 rings (SSSR count). The highest BCUT2D eigenvalue weighted by Gasteiger charge is 2.23. The van der Waals surface area contributed by atoms with Crippen LogP contribution in [0.3, 0.4) is 0 Å². The Balaban J connectivity index is 2.09. The molecule has 0 unspecified atom stereocenters. The normalized spacial score (nSPS) is 10.4. The molecule has 0 atom stereocenters. The molecule has 0 saturated heterocycles. The van der Waals surface area contributed by atoms with Gasteiger partial charge in [0.05, 0.1) is 23.8 Å². The number of aromatic amines is 1. The number of aryl methyl sites for hydroxylation is 1. The quantitative estimate of drug-likeness (QED) is 0.665. The Labute approximate surface area is 157 Å². The second-order valence-electron chi connectivity index (χ2n) is 6.19. The third-order valence-corrected chi connectivity index (χ3v) is 4.34. The van der Waals surface area contributed by atoms with Crippen LogP contribution >= 0.6 is 0 Å². The van der Waals surface area contributed by atoms with E-state index in [0.717, 1.165) is 28.1 Å². The first kappa shape index (κ1) is 18.4. The molecule has 0 saturated carbocycles. The van der Waals surface area contributed by atoms with Crippen LogP contribution < -0.4 is 0 Å². The number of halogens is 1. The minimum Gasteiger partial charge on any atom is -0.462 e. The summed E-state index contributed by atoms with van der Waals surface area (Å²) in [7, 11) is 0. The number of benzene rings is 2. The number of ether oxygens (including phenoxy) is 1. The maximum absolute atomic E-state index is 13.2. The van der Waals surface area contributed by atoms with Crippen molar-refractivity contribution in [3.63, 3.8) is 0 Å². The summed E-state index contributed by atoms with van der Waals surface area (Å²) in [5.74, 6) is -0.705. The zero-order chi connectivity index (χ0) is 19.4. The third-order valence-electron chi connectivity index (χ3n) is 4.34. The number of hydrogen-bond acceptors (Lipinski definition) is 3. The van der Waals surface area contributed by atoms with Gasteiger partial charge in [0.15, 0.2) is 0 Å². The minimum absolute atomic E-state index is 0.270. The number of carbonyl (C=O) groups is 1. The lowest BCUT2D eigenvalue weighted by Gasteiger charge is -2.08. The van der Waals surface area contributed by atoms with Crippen molar-refractivity contribution >= 4 is 5.97 Å². The Morgan fingerprint density at radius 3 is 2.41 bits per heavy atom. The van der Waals surface area contributed by atoms with E-state index in [1.165, 1.54) is 12.1 Å². The SMILES string of the molecule is CCOC(=O)c1c(Cc2ccc(F)cc2)[nH]c(C)c1-c1ccc(C#N)cc1. The van der Waals surface area contributed by atoms with Crippen molar-refractivity contribution in [1.29, 1.82) is 5.26 Å². The van der Waals surface area contributed by atoms with Gasteiger partial charge >= 0.3 is 5.97 Å². The van der Waals surface area contributed by atoms with E-state index in [9.17, 15) is 9.18 Å². The lowest BCUT2D eigenvalue weighted by Crippen LogP contribution is -2.08. The lowest BCUT2D eigenvalue weighted by molar-refractivity contribution is 0.0526. The second-order valence-corrected chi connectivity index (χ2v) is 6.19. The summed E-state index contributed by atoms with van der Waals surface area (Å²) in [4.78, 5) is 16.0. The summed E-state index contributed by atoms with van der Waals surface area (Å²) in [6, 6.07) is 15.4. The van der Waals surface area contributed by atoms with Gasteiger partial charge in [-0.15, -0.1) is 0 Å². The van der Waals surface area contributed by atoms with Gasteiger partial charge in [0.25, 0.3) is 0 Å². The lowest BCUT2D eigenvalue weighted by atomic mass is 9.97. The molecule has 2 aromatic carbocycles. The van der Waals surface area contributed by atoms with Crippen LogP contribution in [0.4, 0.5) is 4.39 Å². The van der Waals surface area contributed by atoms with Crippen LogP contribution in [0.25, 0.3) is 11.1 Å². The second kappa shape index (κ2) is 7.88. The fourth-order valence-corrected chi connectivity index (χ4v) is 3.13. The smallest absolute Gasteiger partial charge is 0.340 e. The molecule has 5 heteroatoms. The third kappa shape index (κ3) is 3.90. The van der Waals surface area contributed by atoms with E-state index >= 15 is 0 Å². The zero-order valence-electron chi connectivity index (χ0n) is 15.2. The van der Waals surface area contributed by atoms with Gasteiger partial charge in [-0.05, 0) is 49.2 Å².